The van der Waals surface area contributed by atoms with E-state index in [1.807, 2.05) is 4.98 Å². The maximum absolute atomic E-state index is 13.5. The van der Waals surface area contributed by atoms with Crippen molar-refractivity contribution in [1.29, 1.82) is 0 Å². The van der Waals surface area contributed by atoms with Crippen LogP contribution in [0.25, 0.3) is 22.3 Å². The number of anilines is 2. The Labute approximate surface area is 424 Å². The van der Waals surface area contributed by atoms with Gasteiger partial charge >= 0.3 is 34.7 Å². The number of rotatable bonds is 21. The van der Waals surface area contributed by atoms with E-state index in [2.05, 4.69) is 38.9 Å². The number of aromatic amines is 2. The van der Waals surface area contributed by atoms with E-state index >= 15 is 0 Å². The minimum absolute atomic E-state index is 0.00565. The molecule has 0 radical (unpaired) electrons. The number of methoxy groups -OCH3 is 1. The van der Waals surface area contributed by atoms with Gasteiger partial charge in [-0.2, -0.15) is 18.2 Å². The zero-order valence-electron chi connectivity index (χ0n) is 39.7. The number of ether oxygens (including phenoxy) is 4. The summed E-state index contributed by atoms with van der Waals surface area (Å²) in [6.07, 6.45) is -11.9. The van der Waals surface area contributed by atoms with Gasteiger partial charge in [-0.15, -0.1) is 0 Å². The first-order valence-corrected chi connectivity index (χ1v) is 28.0. The van der Waals surface area contributed by atoms with E-state index in [9.17, 15) is 67.2 Å². The highest BCUT2D eigenvalue weighted by Gasteiger charge is 2.53. The van der Waals surface area contributed by atoms with Gasteiger partial charge in [-0.1, -0.05) is 6.92 Å². The molecule has 5 aromatic heterocycles. The molecule has 1 amide bonds. The first-order valence-electron chi connectivity index (χ1n) is 22.0. The summed E-state index contributed by atoms with van der Waals surface area (Å²) in [6, 6.07) is 0.916. The molecule has 12 N–H and O–H groups in total. The number of carbonyl (C=O) groups is 1. The second-order valence-electron chi connectivity index (χ2n) is 17.1. The number of aliphatic hydroxyl groups is 2. The number of H-pyrrole nitrogens is 2. The first-order chi connectivity index (χ1) is 35.6. The number of nitrogens with zero attached hydrogens (tertiary/aromatic N) is 8. The van der Waals surface area contributed by atoms with Crippen LogP contribution in [0.5, 0.6) is 0 Å². The average molecular weight is 1160 g/mol. The lowest BCUT2D eigenvalue weighted by atomic mass is 9.87. The van der Waals surface area contributed by atoms with Crippen LogP contribution in [0, 0.1) is 11.8 Å². The fourth-order valence-electron chi connectivity index (χ4n) is 8.75. The zero-order valence-corrected chi connectivity index (χ0v) is 43.2. The van der Waals surface area contributed by atoms with Crippen LogP contribution >= 0.6 is 31.3 Å². The molecule has 37 nitrogen and oxygen atoms in total. The van der Waals surface area contributed by atoms with Crippen molar-refractivity contribution in [3.8, 4) is 0 Å². The molecule has 4 unspecified atom stereocenters. The Balaban J connectivity index is 0.948. The van der Waals surface area contributed by atoms with Crippen LogP contribution in [0.2, 0.25) is 0 Å². The molecule has 3 aliphatic rings. The number of hydrogen-bond acceptors (Lipinski definition) is 27. The fraction of sp³-hybridized carbons (Fsp3) is 0.571. The van der Waals surface area contributed by atoms with Crippen molar-refractivity contribution in [2.45, 2.75) is 74.8 Å². The van der Waals surface area contributed by atoms with Crippen LogP contribution < -0.4 is 43.1 Å². The Morgan fingerprint density at radius 1 is 0.842 bits per heavy atom. The zero-order chi connectivity index (χ0) is 55.4. The summed E-state index contributed by atoms with van der Waals surface area (Å²) >= 11 is 0. The lowest BCUT2D eigenvalue weighted by molar-refractivity contribution is -0.646. The van der Waals surface area contributed by atoms with E-state index < -0.39 is 147 Å². The molecule has 3 fully saturated rings. The molecule has 8 rings (SSSR count). The van der Waals surface area contributed by atoms with Crippen molar-refractivity contribution < 1.29 is 103 Å². The first kappa shape index (κ1) is 57.1. The number of nitrogens with two attached hydrogens (primary N) is 2. The van der Waals surface area contributed by atoms with Gasteiger partial charge in [-0.3, -0.25) is 47.1 Å². The summed E-state index contributed by atoms with van der Waals surface area (Å²) in [7, 11) is -19.7. The summed E-state index contributed by atoms with van der Waals surface area (Å²) < 4.78 is 110. The van der Waals surface area contributed by atoms with Crippen molar-refractivity contribution in [3.05, 3.63) is 62.4 Å². The maximum atomic E-state index is 13.5. The third-order valence-electron chi connectivity index (χ3n) is 12.2. The highest BCUT2D eigenvalue weighted by molar-refractivity contribution is 7.66. The molecule has 8 heterocycles. The molecule has 0 saturated carbocycles. The number of nitrogens with one attached hydrogen (secondary N) is 3. The number of hydrogen-bond donors (Lipinski definition) is 10. The van der Waals surface area contributed by atoms with Gasteiger partial charge in [-0.05, 0) is 0 Å². The van der Waals surface area contributed by atoms with E-state index in [-0.39, 0.29) is 40.5 Å². The fourth-order valence-corrected chi connectivity index (χ4v) is 13.2. The average Bonchev–Trinajstić information content (AvgIpc) is 4.16. The number of aryl methyl sites for hydroxylation is 1. The number of amides is 1. The Bertz CT molecular complexity index is 3370. The number of aliphatic hydroxyl groups excluding tert-OH is 2. The van der Waals surface area contributed by atoms with Crippen LogP contribution in [0.3, 0.4) is 0 Å². The molecule has 76 heavy (non-hydrogen) atoms. The molecule has 5 aromatic rings. The van der Waals surface area contributed by atoms with E-state index in [1.54, 1.807) is 14.0 Å². The van der Waals surface area contributed by atoms with Gasteiger partial charge in [0, 0.05) is 44.7 Å². The third-order valence-corrected chi connectivity index (χ3v) is 17.4. The van der Waals surface area contributed by atoms with Crippen LogP contribution in [-0.4, -0.2) is 151 Å². The summed E-state index contributed by atoms with van der Waals surface area (Å²) in [4.78, 5) is 115. The van der Waals surface area contributed by atoms with Gasteiger partial charge in [0.1, 0.15) is 48.5 Å². The molecule has 0 spiro atoms. The topological polar surface area (TPSA) is 519 Å². The highest BCUT2D eigenvalue weighted by Crippen LogP contribution is 2.68. The standard InChI is InChI=1S/C35H49N13O24P4/c1-14-15(7-20(50)38-2)16(67-31(14)48-13-45(3)22-29(48)43-34(37)44-30(22)53)8-65-74(57,58)71-76(61,62)72-75(59,60)66-10-18-25(26(63-4)33(69-18)47-12-41-21-27(36)39-11-40-28(21)47)70-73(55,56)64-9-17-23(51)24(52)32(68-17)46-6-5-19(49)42-35(46)54/h5-6,11-18,23-26,31-33,51-52H,7-10H2,1-4H3,(H10-,36,37,38,39,40,42,43,44,49,50,53,54,55,56,57,58,59,60,61,62)/t14-,15+,16-,17-,18-,23-,24-,25-,26-,31-,32-,33-/m1/s1. The summed E-state index contributed by atoms with van der Waals surface area (Å²) in [6.45, 7) is -1.61. The normalized spacial score (nSPS) is 30.0. The molecule has 0 bridgehead atoms. The van der Waals surface area contributed by atoms with Crippen LogP contribution in [0.15, 0.2) is 45.6 Å². The van der Waals surface area contributed by atoms with Crippen molar-refractivity contribution in [3.63, 3.8) is 0 Å². The quantitative estimate of drug-likeness (QED) is 0.0248. The number of imidazole rings is 2. The molecule has 16 atom stereocenters. The molecule has 0 aliphatic carbocycles. The third kappa shape index (κ3) is 12.1. The minimum Gasteiger partial charge on any atom is -0.756 e. The molecular formula is C35H49N13O24P4. The van der Waals surface area contributed by atoms with Gasteiger partial charge in [0.05, 0.1) is 39.3 Å². The number of fused-ring (bicyclic) bond motifs is 2. The molecule has 3 aliphatic heterocycles. The van der Waals surface area contributed by atoms with Crippen molar-refractivity contribution in [2.24, 2.45) is 18.9 Å². The largest absolute Gasteiger partial charge is 0.756 e. The predicted octanol–water partition coefficient (Wildman–Crippen LogP) is -3.84. The number of nitrogen functional groups attached to an aromatic ring is 2. The van der Waals surface area contributed by atoms with E-state index in [0.29, 0.717) is 0 Å². The molecule has 3 saturated heterocycles. The van der Waals surface area contributed by atoms with Crippen LogP contribution in [0.4, 0.5) is 11.8 Å². The second kappa shape index (κ2) is 22.0. The van der Waals surface area contributed by atoms with E-state index in [4.69, 9.17) is 48.5 Å². The van der Waals surface area contributed by atoms with E-state index in [1.165, 1.54) is 27.1 Å². The Morgan fingerprint density at radius 2 is 1.49 bits per heavy atom. The predicted molar refractivity (Wildman–Crippen MR) is 245 cm³/mol. The lowest BCUT2D eigenvalue weighted by Gasteiger charge is -2.31. The molecule has 0 aromatic carbocycles. The second-order valence-corrected chi connectivity index (χ2v) is 23.1. The number of phosphoric ester groups is 3. The van der Waals surface area contributed by atoms with Crippen molar-refractivity contribution in [2.75, 3.05) is 45.4 Å². The number of carbonyl (C=O) groups excluding carboxylic acids is 1. The van der Waals surface area contributed by atoms with Crippen molar-refractivity contribution >= 4 is 71.3 Å². The highest BCUT2D eigenvalue weighted by atomic mass is 31.3. The molecule has 41 heteroatoms. The summed E-state index contributed by atoms with van der Waals surface area (Å²) in [5.41, 5.74) is 9.50. The van der Waals surface area contributed by atoms with Gasteiger partial charge in [0.15, 0.2) is 23.9 Å². The lowest BCUT2D eigenvalue weighted by Crippen LogP contribution is -2.39. The summed E-state index contributed by atoms with van der Waals surface area (Å²) in [5, 5.41) is 23.7. The maximum Gasteiger partial charge on any atom is 0.490 e. The van der Waals surface area contributed by atoms with Crippen molar-refractivity contribution in [1.82, 2.24) is 48.9 Å². The SMILES string of the molecule is CNC(=O)C[C@H]1[C@@H](C)[C@H](n2c[n+](C)c3c(=O)[nH]c(N)nc32)O[C@@H]1COP(=O)(O)OP(=O)(O)OP(=O)(O)OC[C@H]1O[C@@H](n2cnc3c(N)ncnc32)[C@H](OC)[C@@H]1OP(=O)([O-])OC[C@H]1O[C@@H](n2ccc(=O)[nH]c2=O)[C@H](O)[C@@H]1O. The molecule has 418 valence electrons. The van der Waals surface area contributed by atoms with Gasteiger partial charge < -0.3 is 74.6 Å². The van der Waals surface area contributed by atoms with Crippen LogP contribution in [0.1, 0.15) is 32.0 Å². The van der Waals surface area contributed by atoms with Gasteiger partial charge in [0.2, 0.25) is 24.4 Å². The van der Waals surface area contributed by atoms with Gasteiger partial charge in [0.25, 0.3) is 24.5 Å². The summed E-state index contributed by atoms with van der Waals surface area (Å²) in [5.74, 6) is -2.24. The minimum atomic E-state index is -6.19. The number of phosphoric acid groups is 4. The smallest absolute Gasteiger partial charge is 0.490 e. The Hall–Kier alpha value is -5.07. The number of aromatic nitrogens is 10. The van der Waals surface area contributed by atoms with E-state index in [0.717, 1.165) is 36.6 Å². The molecular weight excluding hydrogens is 1110 g/mol. The van der Waals surface area contributed by atoms with Crippen LogP contribution in [-0.2, 0) is 75.8 Å². The van der Waals surface area contributed by atoms with Gasteiger partial charge in [-0.25, -0.2) is 38.0 Å². The Kier molecular flexibility index (Phi) is 16.5. The Morgan fingerprint density at radius 3 is 2.14 bits per heavy atom. The monoisotopic (exact) mass is 1160 g/mol.